The van der Waals surface area contributed by atoms with Gasteiger partial charge in [-0.3, -0.25) is 0 Å². The molecule has 1 rings (SSSR count). The van der Waals surface area contributed by atoms with Crippen molar-refractivity contribution in [2.24, 2.45) is 0 Å². The van der Waals surface area contributed by atoms with Crippen molar-refractivity contribution in [2.75, 3.05) is 0 Å². The summed E-state index contributed by atoms with van der Waals surface area (Å²) in [4.78, 5) is 0. The molecule has 78 valence electrons. The van der Waals surface area contributed by atoms with Crippen LogP contribution >= 0.6 is 34.8 Å². The summed E-state index contributed by atoms with van der Waals surface area (Å²) in [6.45, 7) is 2.12. The van der Waals surface area contributed by atoms with Gasteiger partial charge in [-0.25, -0.2) is 0 Å². The zero-order valence-corrected chi connectivity index (χ0v) is 10.4. The summed E-state index contributed by atoms with van der Waals surface area (Å²) < 4.78 is 0. The fraction of sp³-hybridized carbons (Fsp3) is 0.455. The predicted molar refractivity (Wildman–Crippen MR) is 64.5 cm³/mol. The summed E-state index contributed by atoms with van der Waals surface area (Å²) >= 11 is 17.6. The number of hydrogen-bond acceptors (Lipinski definition) is 0. The molecule has 0 heterocycles. The first-order chi connectivity index (χ1) is 6.76. The topological polar surface area (TPSA) is 0 Å². The Morgan fingerprint density at radius 2 is 1.43 bits per heavy atom. The highest BCUT2D eigenvalue weighted by atomic mass is 35.5. The molecule has 0 radical (unpaired) electrons. The van der Waals surface area contributed by atoms with Gasteiger partial charge in [-0.1, -0.05) is 19.1 Å². The molecule has 0 aliphatic rings. The minimum atomic E-state index is 0.480. The quantitative estimate of drug-likeness (QED) is 0.693. The molecule has 0 bridgehead atoms. The molecule has 1 aromatic rings. The first-order valence-corrected chi connectivity index (χ1v) is 6.18. The normalized spacial score (nSPS) is 10.6. The van der Waals surface area contributed by atoms with Crippen LogP contribution in [-0.2, 0) is 24.1 Å². The van der Waals surface area contributed by atoms with Gasteiger partial charge in [-0.15, -0.1) is 34.8 Å². The van der Waals surface area contributed by atoms with Gasteiger partial charge < -0.3 is 0 Å². The molecule has 0 saturated carbocycles. The highest BCUT2D eigenvalue weighted by Crippen LogP contribution is 2.23. The van der Waals surface area contributed by atoms with Crippen molar-refractivity contribution < 1.29 is 0 Å². The van der Waals surface area contributed by atoms with E-state index in [9.17, 15) is 0 Å². The van der Waals surface area contributed by atoms with E-state index in [1.807, 2.05) is 0 Å². The van der Waals surface area contributed by atoms with Gasteiger partial charge >= 0.3 is 0 Å². The van der Waals surface area contributed by atoms with E-state index in [0.717, 1.165) is 23.1 Å². The molecule has 3 heteroatoms. The molecular weight excluding hydrogens is 238 g/mol. The smallest absolute Gasteiger partial charge is 0.0480 e. The molecule has 0 aliphatic carbocycles. The van der Waals surface area contributed by atoms with Crippen molar-refractivity contribution in [2.45, 2.75) is 31.0 Å². The van der Waals surface area contributed by atoms with E-state index >= 15 is 0 Å². The third kappa shape index (κ3) is 2.56. The highest BCUT2D eigenvalue weighted by Gasteiger charge is 2.08. The van der Waals surface area contributed by atoms with Crippen molar-refractivity contribution in [3.63, 3.8) is 0 Å². The lowest BCUT2D eigenvalue weighted by Crippen LogP contribution is -1.97. The molecule has 0 saturated heterocycles. The number of rotatable bonds is 4. The Kier molecular flexibility index (Phi) is 5.08. The lowest BCUT2D eigenvalue weighted by Gasteiger charge is -2.11. The Morgan fingerprint density at radius 3 is 1.71 bits per heavy atom. The lowest BCUT2D eigenvalue weighted by molar-refractivity contribution is 1.09. The van der Waals surface area contributed by atoms with Gasteiger partial charge in [-0.2, -0.15) is 0 Å². The zero-order chi connectivity index (χ0) is 10.6. The van der Waals surface area contributed by atoms with Crippen molar-refractivity contribution in [3.05, 3.63) is 34.4 Å². The Hall–Kier alpha value is 0.0900. The summed E-state index contributed by atoms with van der Waals surface area (Å²) in [5.74, 6) is 1.48. The fourth-order valence-corrected chi connectivity index (χ4v) is 2.30. The largest absolute Gasteiger partial charge is 0.122 e. The average molecular weight is 252 g/mol. The standard InChI is InChI=1S/C11H13Cl3/c1-2-8-3-9(5-12)11(7-14)10(4-8)6-13/h3-4H,2,5-7H2,1H3. The molecule has 0 aromatic heterocycles. The number of halogens is 3. The maximum Gasteiger partial charge on any atom is 0.0480 e. The molecule has 0 unspecified atom stereocenters. The van der Waals surface area contributed by atoms with E-state index in [4.69, 9.17) is 34.8 Å². The van der Waals surface area contributed by atoms with Gasteiger partial charge in [0.05, 0.1) is 0 Å². The maximum atomic E-state index is 5.87. The van der Waals surface area contributed by atoms with Crippen LogP contribution in [0.3, 0.4) is 0 Å². The van der Waals surface area contributed by atoms with Gasteiger partial charge in [0.2, 0.25) is 0 Å². The SMILES string of the molecule is CCc1cc(CCl)c(CCl)c(CCl)c1. The third-order valence-electron chi connectivity index (χ3n) is 2.32. The Morgan fingerprint density at radius 1 is 0.929 bits per heavy atom. The van der Waals surface area contributed by atoms with Crippen molar-refractivity contribution >= 4 is 34.8 Å². The van der Waals surface area contributed by atoms with Crippen molar-refractivity contribution in [1.82, 2.24) is 0 Å². The van der Waals surface area contributed by atoms with E-state index in [1.54, 1.807) is 0 Å². The molecule has 0 amide bonds. The van der Waals surface area contributed by atoms with Gasteiger partial charge in [0.15, 0.2) is 0 Å². The molecule has 0 aliphatic heterocycles. The summed E-state index contributed by atoms with van der Waals surface area (Å²) in [6.07, 6.45) is 0.996. The van der Waals surface area contributed by atoms with Crippen LogP contribution in [0.5, 0.6) is 0 Å². The average Bonchev–Trinajstić information content (AvgIpc) is 2.26. The van der Waals surface area contributed by atoms with Crippen LogP contribution < -0.4 is 0 Å². The fourth-order valence-electron chi connectivity index (χ4n) is 1.48. The number of hydrogen-bond donors (Lipinski definition) is 0. The van der Waals surface area contributed by atoms with E-state index < -0.39 is 0 Å². The summed E-state index contributed by atoms with van der Waals surface area (Å²) in [7, 11) is 0. The van der Waals surface area contributed by atoms with Crippen LogP contribution in [0.2, 0.25) is 0 Å². The summed E-state index contributed by atoms with van der Waals surface area (Å²) in [5.41, 5.74) is 4.58. The Balaban J connectivity index is 3.24. The molecule has 0 N–H and O–H groups in total. The second-order valence-electron chi connectivity index (χ2n) is 3.15. The monoisotopic (exact) mass is 250 g/mol. The molecule has 1 aromatic carbocycles. The van der Waals surface area contributed by atoms with Crippen LogP contribution in [-0.4, -0.2) is 0 Å². The zero-order valence-electron chi connectivity index (χ0n) is 8.12. The van der Waals surface area contributed by atoms with Crippen LogP contribution in [0.25, 0.3) is 0 Å². The Labute approximate surface area is 100 Å². The highest BCUT2D eigenvalue weighted by molar-refractivity contribution is 6.19. The van der Waals surface area contributed by atoms with E-state index in [0.29, 0.717) is 17.6 Å². The predicted octanol–water partition coefficient (Wildman–Crippen LogP) is 4.47. The lowest BCUT2D eigenvalue weighted by atomic mass is 9.99. The molecular formula is C11H13Cl3. The molecule has 0 fully saturated rings. The second kappa shape index (κ2) is 5.85. The summed E-state index contributed by atoms with van der Waals surface area (Å²) in [5, 5.41) is 0. The number of aryl methyl sites for hydroxylation is 1. The van der Waals surface area contributed by atoms with Crippen LogP contribution in [0, 0.1) is 0 Å². The maximum absolute atomic E-state index is 5.87. The van der Waals surface area contributed by atoms with Gasteiger partial charge in [0.1, 0.15) is 0 Å². The molecule has 14 heavy (non-hydrogen) atoms. The van der Waals surface area contributed by atoms with Crippen molar-refractivity contribution in [3.8, 4) is 0 Å². The number of benzene rings is 1. The first kappa shape index (κ1) is 12.2. The molecule has 0 atom stereocenters. The van der Waals surface area contributed by atoms with E-state index in [1.165, 1.54) is 5.56 Å². The van der Waals surface area contributed by atoms with Crippen LogP contribution in [0.1, 0.15) is 29.2 Å². The third-order valence-corrected chi connectivity index (χ3v) is 3.17. The van der Waals surface area contributed by atoms with Gasteiger partial charge in [0.25, 0.3) is 0 Å². The van der Waals surface area contributed by atoms with Crippen LogP contribution in [0.4, 0.5) is 0 Å². The van der Waals surface area contributed by atoms with Gasteiger partial charge in [0, 0.05) is 17.6 Å². The summed E-state index contributed by atoms with van der Waals surface area (Å²) in [6, 6.07) is 4.22. The molecule has 0 nitrogen and oxygen atoms in total. The number of alkyl halides is 3. The van der Waals surface area contributed by atoms with Crippen LogP contribution in [0.15, 0.2) is 12.1 Å². The van der Waals surface area contributed by atoms with E-state index in [-0.39, 0.29) is 0 Å². The first-order valence-electron chi connectivity index (χ1n) is 4.58. The minimum absolute atomic E-state index is 0.480. The second-order valence-corrected chi connectivity index (χ2v) is 3.95. The minimum Gasteiger partial charge on any atom is -0.122 e. The van der Waals surface area contributed by atoms with Gasteiger partial charge in [-0.05, 0) is 28.7 Å². The van der Waals surface area contributed by atoms with Crippen molar-refractivity contribution in [1.29, 1.82) is 0 Å². The Bertz CT molecular complexity index is 282. The van der Waals surface area contributed by atoms with E-state index in [2.05, 4.69) is 19.1 Å². The molecule has 0 spiro atoms.